The molecule has 1 aromatic heterocycles. The zero-order chi connectivity index (χ0) is 19.2. The summed E-state index contributed by atoms with van der Waals surface area (Å²) in [4.78, 5) is 26.4. The third-order valence-electron chi connectivity index (χ3n) is 5.52. The lowest BCUT2D eigenvalue weighted by Crippen LogP contribution is -2.45. The summed E-state index contributed by atoms with van der Waals surface area (Å²) < 4.78 is 0. The molecule has 0 N–H and O–H groups in total. The van der Waals surface area contributed by atoms with Gasteiger partial charge in [-0.1, -0.05) is 19.3 Å². The summed E-state index contributed by atoms with van der Waals surface area (Å²) in [6.07, 6.45) is 7.13. The van der Waals surface area contributed by atoms with E-state index in [-0.39, 0.29) is 16.7 Å². The minimum absolute atomic E-state index is 0.0226. The first-order valence-electron chi connectivity index (χ1n) is 9.68. The van der Waals surface area contributed by atoms with Gasteiger partial charge >= 0.3 is 5.69 Å². The van der Waals surface area contributed by atoms with E-state index in [0.717, 1.165) is 38.8 Å². The first-order chi connectivity index (χ1) is 13.1. The number of hydrogen-bond donors (Lipinski definition) is 0. The Kier molecular flexibility index (Phi) is 6.40. The molecule has 0 atom stereocenters. The highest BCUT2D eigenvalue weighted by Gasteiger charge is 2.34. The summed E-state index contributed by atoms with van der Waals surface area (Å²) in [5.41, 5.74) is -0.0226. The molecule has 1 saturated carbocycles. The maximum absolute atomic E-state index is 12.0. The van der Waals surface area contributed by atoms with Gasteiger partial charge in [-0.2, -0.15) is 5.26 Å². The van der Waals surface area contributed by atoms with Crippen LogP contribution in [-0.4, -0.2) is 65.6 Å². The topological polar surface area (TPSA) is 102 Å². The average Bonchev–Trinajstić information content (AvgIpc) is 2.69. The summed E-state index contributed by atoms with van der Waals surface area (Å²) in [6.45, 7) is 3.56. The molecule has 2 aliphatic rings. The number of rotatable bonds is 6. The number of hydrogen-bond acceptors (Lipinski definition) is 8. The zero-order valence-electron chi connectivity index (χ0n) is 15.9. The van der Waals surface area contributed by atoms with Crippen molar-refractivity contribution in [2.24, 2.45) is 0 Å². The highest BCUT2D eigenvalue weighted by atomic mass is 16.6. The van der Waals surface area contributed by atoms with Crippen molar-refractivity contribution in [2.75, 3.05) is 49.6 Å². The largest absolute Gasteiger partial charge is 0.353 e. The summed E-state index contributed by atoms with van der Waals surface area (Å²) in [6, 6.07) is 2.36. The van der Waals surface area contributed by atoms with Crippen LogP contribution in [0.1, 0.15) is 38.5 Å². The van der Waals surface area contributed by atoms with E-state index < -0.39 is 0 Å². The van der Waals surface area contributed by atoms with Crippen molar-refractivity contribution in [1.29, 1.82) is 5.26 Å². The highest BCUT2D eigenvalue weighted by Crippen LogP contribution is 2.37. The van der Waals surface area contributed by atoms with Crippen LogP contribution in [0.4, 0.5) is 17.3 Å². The van der Waals surface area contributed by atoms with Gasteiger partial charge in [0, 0.05) is 38.8 Å². The monoisotopic (exact) mass is 373 g/mol. The van der Waals surface area contributed by atoms with Gasteiger partial charge in [0.2, 0.25) is 11.6 Å². The van der Waals surface area contributed by atoms with E-state index >= 15 is 0 Å². The molecule has 0 aromatic carbocycles. The predicted octanol–water partition coefficient (Wildman–Crippen LogP) is 2.19. The molecule has 0 amide bonds. The lowest BCUT2D eigenvalue weighted by Gasteiger charge is -2.36. The van der Waals surface area contributed by atoms with Gasteiger partial charge in [0.25, 0.3) is 0 Å². The first kappa shape index (κ1) is 19.3. The number of anilines is 2. The molecular weight excluding hydrogens is 346 g/mol. The van der Waals surface area contributed by atoms with Crippen molar-refractivity contribution < 1.29 is 4.92 Å². The van der Waals surface area contributed by atoms with Crippen LogP contribution in [0.5, 0.6) is 0 Å². The quantitative estimate of drug-likeness (QED) is 0.552. The molecule has 9 nitrogen and oxygen atoms in total. The van der Waals surface area contributed by atoms with Crippen LogP contribution >= 0.6 is 0 Å². The second kappa shape index (κ2) is 8.95. The molecule has 27 heavy (non-hydrogen) atoms. The Morgan fingerprint density at radius 2 is 1.96 bits per heavy atom. The summed E-state index contributed by atoms with van der Waals surface area (Å²) in [5, 5.41) is 21.1. The maximum atomic E-state index is 12.0. The van der Waals surface area contributed by atoms with Crippen molar-refractivity contribution in [3.05, 3.63) is 16.4 Å². The summed E-state index contributed by atoms with van der Waals surface area (Å²) in [5.74, 6) is 0.766. The fraction of sp³-hybridized carbons (Fsp3) is 0.722. The van der Waals surface area contributed by atoms with Crippen LogP contribution < -0.4 is 9.80 Å². The molecule has 9 heteroatoms. The number of nitriles is 1. The van der Waals surface area contributed by atoms with Crippen LogP contribution in [0, 0.1) is 21.4 Å². The number of nitro groups is 1. The van der Waals surface area contributed by atoms with Gasteiger partial charge < -0.3 is 14.7 Å². The van der Waals surface area contributed by atoms with Gasteiger partial charge in [0.1, 0.15) is 6.33 Å². The van der Waals surface area contributed by atoms with E-state index in [9.17, 15) is 10.1 Å². The van der Waals surface area contributed by atoms with Crippen LogP contribution in [0.15, 0.2) is 6.33 Å². The Morgan fingerprint density at radius 1 is 1.26 bits per heavy atom. The fourth-order valence-corrected chi connectivity index (χ4v) is 4.01. The van der Waals surface area contributed by atoms with Crippen LogP contribution in [-0.2, 0) is 0 Å². The molecule has 1 saturated heterocycles. The standard InChI is InChI=1S/C18H27N7O2/c1-22-10-12-23(13-11-22)17-16(25(26)27)18(21-14-20-17)24(9-5-8-19)15-6-3-2-4-7-15/h14-15H,2-7,9-13H2,1H3. The minimum atomic E-state index is -0.356. The number of aromatic nitrogens is 2. The van der Waals surface area contributed by atoms with Crippen LogP contribution in [0.25, 0.3) is 0 Å². The SMILES string of the molecule is CN1CCN(c2ncnc(N(CCC#N)C3CCCCC3)c2[N+](=O)[O-])CC1. The Bertz CT molecular complexity index is 691. The zero-order valence-corrected chi connectivity index (χ0v) is 15.9. The van der Waals surface area contributed by atoms with Gasteiger partial charge in [0.15, 0.2) is 0 Å². The molecule has 146 valence electrons. The maximum Gasteiger partial charge on any atom is 0.353 e. The summed E-state index contributed by atoms with van der Waals surface area (Å²) >= 11 is 0. The number of piperazine rings is 1. The third kappa shape index (κ3) is 4.45. The normalized spacial score (nSPS) is 18.9. The summed E-state index contributed by atoms with van der Waals surface area (Å²) in [7, 11) is 2.05. The second-order valence-corrected chi connectivity index (χ2v) is 7.31. The molecule has 1 aliphatic carbocycles. The van der Waals surface area contributed by atoms with Gasteiger partial charge in [-0.05, 0) is 19.9 Å². The minimum Gasteiger partial charge on any atom is -0.348 e. The smallest absolute Gasteiger partial charge is 0.348 e. The predicted molar refractivity (Wildman–Crippen MR) is 103 cm³/mol. The van der Waals surface area contributed by atoms with Gasteiger partial charge in [0.05, 0.1) is 17.4 Å². The van der Waals surface area contributed by atoms with Crippen molar-refractivity contribution >= 4 is 17.3 Å². The molecule has 2 heterocycles. The van der Waals surface area contributed by atoms with Crippen molar-refractivity contribution in [3.8, 4) is 6.07 Å². The lowest BCUT2D eigenvalue weighted by atomic mass is 9.94. The molecule has 0 radical (unpaired) electrons. The molecule has 3 rings (SSSR count). The molecule has 2 fully saturated rings. The fourth-order valence-electron chi connectivity index (χ4n) is 4.01. The van der Waals surface area contributed by atoms with Gasteiger partial charge in [-0.25, -0.2) is 9.97 Å². The third-order valence-corrected chi connectivity index (χ3v) is 5.52. The van der Waals surface area contributed by atoms with E-state index in [4.69, 9.17) is 5.26 Å². The van der Waals surface area contributed by atoms with Crippen molar-refractivity contribution in [1.82, 2.24) is 14.9 Å². The van der Waals surface area contributed by atoms with E-state index in [1.54, 1.807) is 0 Å². The molecule has 0 bridgehead atoms. The molecular formula is C18H27N7O2. The van der Waals surface area contributed by atoms with Crippen molar-refractivity contribution in [2.45, 2.75) is 44.6 Å². The van der Waals surface area contributed by atoms with Crippen LogP contribution in [0.3, 0.4) is 0 Å². The molecule has 0 unspecified atom stereocenters. The van der Waals surface area contributed by atoms with Gasteiger partial charge in [-0.15, -0.1) is 0 Å². The molecule has 0 spiro atoms. The lowest BCUT2D eigenvalue weighted by molar-refractivity contribution is -0.383. The Labute approximate surface area is 159 Å². The van der Waals surface area contributed by atoms with E-state index in [1.165, 1.54) is 12.7 Å². The van der Waals surface area contributed by atoms with Crippen LogP contribution in [0.2, 0.25) is 0 Å². The number of nitrogens with zero attached hydrogens (tertiary/aromatic N) is 7. The Balaban J connectivity index is 1.97. The van der Waals surface area contributed by atoms with E-state index in [2.05, 4.69) is 20.9 Å². The molecule has 1 aliphatic heterocycles. The van der Waals surface area contributed by atoms with Crippen molar-refractivity contribution in [3.63, 3.8) is 0 Å². The molecule has 1 aromatic rings. The average molecular weight is 373 g/mol. The second-order valence-electron chi connectivity index (χ2n) is 7.31. The highest BCUT2D eigenvalue weighted by molar-refractivity contribution is 5.71. The van der Waals surface area contributed by atoms with Gasteiger partial charge in [-0.3, -0.25) is 10.1 Å². The Hall–Kier alpha value is -2.47. The van der Waals surface area contributed by atoms with E-state index in [1.807, 2.05) is 16.8 Å². The number of likely N-dealkylation sites (N-methyl/N-ethyl adjacent to an activating group) is 1. The Morgan fingerprint density at radius 3 is 2.59 bits per heavy atom. The first-order valence-corrected chi connectivity index (χ1v) is 9.68. The van der Waals surface area contributed by atoms with E-state index in [0.29, 0.717) is 37.7 Å².